The SMILES string of the molecule is CC1(C)C(=O)NC(=O)N1CCNc1nccc(-c2ccc(CO)s2)n1. The Morgan fingerprint density at radius 1 is 1.32 bits per heavy atom. The van der Waals surface area contributed by atoms with E-state index in [0.717, 1.165) is 15.4 Å². The molecule has 0 spiro atoms. The Bertz CT molecular complexity index is 805. The van der Waals surface area contributed by atoms with Crippen LogP contribution in [0.4, 0.5) is 10.7 Å². The summed E-state index contributed by atoms with van der Waals surface area (Å²) in [7, 11) is 0. The number of carbonyl (C=O) groups excluding carboxylic acids is 2. The van der Waals surface area contributed by atoms with Gasteiger partial charge >= 0.3 is 6.03 Å². The number of anilines is 1. The molecular formula is C16H19N5O3S. The molecule has 1 aliphatic heterocycles. The molecule has 0 saturated carbocycles. The molecule has 0 atom stereocenters. The Hall–Kier alpha value is -2.52. The first-order chi connectivity index (χ1) is 11.9. The van der Waals surface area contributed by atoms with Crippen molar-refractivity contribution in [2.45, 2.75) is 26.0 Å². The standard InChI is InChI=1S/C16H19N5O3S/c1-16(2)13(23)20-15(24)21(16)8-7-18-14-17-6-5-11(19-14)12-4-3-10(9-22)25-12/h3-6,22H,7-9H2,1-2H3,(H,17,18,19)(H,20,23,24). The van der Waals surface area contributed by atoms with E-state index in [-0.39, 0.29) is 18.5 Å². The van der Waals surface area contributed by atoms with Crippen LogP contribution in [0.25, 0.3) is 10.6 Å². The van der Waals surface area contributed by atoms with E-state index in [1.165, 1.54) is 16.2 Å². The van der Waals surface area contributed by atoms with Crippen LogP contribution in [0.3, 0.4) is 0 Å². The molecule has 2 aromatic heterocycles. The van der Waals surface area contributed by atoms with Gasteiger partial charge in [0.2, 0.25) is 5.95 Å². The van der Waals surface area contributed by atoms with Gasteiger partial charge in [-0.05, 0) is 32.0 Å². The molecule has 8 nitrogen and oxygen atoms in total. The molecule has 1 saturated heterocycles. The third kappa shape index (κ3) is 3.47. The number of amides is 3. The number of hydrogen-bond acceptors (Lipinski definition) is 7. The summed E-state index contributed by atoms with van der Waals surface area (Å²) < 4.78 is 0. The average Bonchev–Trinajstić information content (AvgIpc) is 3.14. The fourth-order valence-electron chi connectivity index (χ4n) is 2.54. The molecule has 1 aliphatic rings. The highest BCUT2D eigenvalue weighted by atomic mass is 32.1. The van der Waals surface area contributed by atoms with Gasteiger partial charge in [0.25, 0.3) is 5.91 Å². The number of carbonyl (C=O) groups is 2. The number of urea groups is 1. The van der Waals surface area contributed by atoms with E-state index >= 15 is 0 Å². The minimum absolute atomic E-state index is 0.00720. The summed E-state index contributed by atoms with van der Waals surface area (Å²) in [6.45, 7) is 4.19. The number of thiophene rings is 1. The van der Waals surface area contributed by atoms with Gasteiger partial charge in [-0.15, -0.1) is 11.3 Å². The predicted octanol–water partition coefficient (Wildman–Crippen LogP) is 1.44. The molecule has 2 aromatic rings. The number of aliphatic hydroxyl groups excluding tert-OH is 1. The zero-order valence-corrected chi connectivity index (χ0v) is 14.8. The van der Waals surface area contributed by atoms with Gasteiger partial charge in [0.15, 0.2) is 0 Å². The molecule has 1 fully saturated rings. The van der Waals surface area contributed by atoms with Crippen molar-refractivity contribution in [3.8, 4) is 10.6 Å². The van der Waals surface area contributed by atoms with Crippen molar-refractivity contribution in [1.29, 1.82) is 0 Å². The highest BCUT2D eigenvalue weighted by Gasteiger charge is 2.44. The molecule has 9 heteroatoms. The van der Waals surface area contributed by atoms with Crippen LogP contribution in [0, 0.1) is 0 Å². The van der Waals surface area contributed by atoms with Crippen molar-refractivity contribution in [3.05, 3.63) is 29.3 Å². The Kier molecular flexibility index (Phi) is 4.69. The summed E-state index contributed by atoms with van der Waals surface area (Å²) in [6, 6.07) is 5.18. The topological polar surface area (TPSA) is 107 Å². The molecular weight excluding hydrogens is 342 g/mol. The van der Waals surface area contributed by atoms with E-state index in [4.69, 9.17) is 5.11 Å². The van der Waals surface area contributed by atoms with E-state index in [1.807, 2.05) is 12.1 Å². The lowest BCUT2D eigenvalue weighted by Gasteiger charge is -2.27. The fourth-order valence-corrected chi connectivity index (χ4v) is 3.37. The van der Waals surface area contributed by atoms with Crippen molar-refractivity contribution in [2.75, 3.05) is 18.4 Å². The molecule has 25 heavy (non-hydrogen) atoms. The highest BCUT2D eigenvalue weighted by Crippen LogP contribution is 2.27. The maximum absolute atomic E-state index is 11.8. The van der Waals surface area contributed by atoms with E-state index in [0.29, 0.717) is 19.0 Å². The number of nitrogens with one attached hydrogen (secondary N) is 2. The van der Waals surface area contributed by atoms with Crippen molar-refractivity contribution in [2.24, 2.45) is 0 Å². The molecule has 0 unspecified atom stereocenters. The first kappa shape index (κ1) is 17.3. The lowest BCUT2D eigenvalue weighted by molar-refractivity contribution is -0.125. The zero-order valence-electron chi connectivity index (χ0n) is 13.9. The first-order valence-corrected chi connectivity index (χ1v) is 8.63. The fraction of sp³-hybridized carbons (Fsp3) is 0.375. The van der Waals surface area contributed by atoms with Gasteiger partial charge in [0.1, 0.15) is 5.54 Å². The summed E-state index contributed by atoms with van der Waals surface area (Å²) in [5, 5.41) is 14.5. The van der Waals surface area contributed by atoms with Gasteiger partial charge in [-0.1, -0.05) is 0 Å². The molecule has 3 heterocycles. The number of hydrogen-bond donors (Lipinski definition) is 3. The van der Waals surface area contributed by atoms with Gasteiger partial charge in [-0.2, -0.15) is 0 Å². The highest BCUT2D eigenvalue weighted by molar-refractivity contribution is 7.15. The third-order valence-electron chi connectivity index (χ3n) is 4.04. The Labute approximate surface area is 148 Å². The molecule has 132 valence electrons. The lowest BCUT2D eigenvalue weighted by Crippen LogP contribution is -2.46. The van der Waals surface area contributed by atoms with Crippen LogP contribution in [0.1, 0.15) is 18.7 Å². The summed E-state index contributed by atoms with van der Waals surface area (Å²) >= 11 is 1.47. The van der Waals surface area contributed by atoms with Crippen molar-refractivity contribution >= 4 is 29.2 Å². The smallest absolute Gasteiger partial charge is 0.325 e. The lowest BCUT2D eigenvalue weighted by atomic mass is 10.0. The second-order valence-electron chi connectivity index (χ2n) is 6.09. The molecule has 0 bridgehead atoms. The number of nitrogens with zero attached hydrogens (tertiary/aromatic N) is 3. The molecule has 0 aromatic carbocycles. The van der Waals surface area contributed by atoms with Crippen LogP contribution < -0.4 is 10.6 Å². The average molecular weight is 361 g/mol. The van der Waals surface area contributed by atoms with Gasteiger partial charge in [0, 0.05) is 24.2 Å². The Balaban J connectivity index is 1.63. The first-order valence-electron chi connectivity index (χ1n) is 7.81. The van der Waals surface area contributed by atoms with Crippen molar-refractivity contribution in [1.82, 2.24) is 20.2 Å². The normalized spacial score (nSPS) is 16.2. The summed E-state index contributed by atoms with van der Waals surface area (Å²) in [6.07, 6.45) is 1.65. The van der Waals surface area contributed by atoms with Crippen LogP contribution in [0.2, 0.25) is 0 Å². The van der Waals surface area contributed by atoms with Crippen molar-refractivity contribution in [3.63, 3.8) is 0 Å². The van der Waals surface area contributed by atoms with E-state index in [2.05, 4.69) is 20.6 Å². The van der Waals surface area contributed by atoms with E-state index < -0.39 is 5.54 Å². The van der Waals surface area contributed by atoms with Crippen LogP contribution in [-0.4, -0.2) is 50.5 Å². The van der Waals surface area contributed by atoms with Gasteiger partial charge in [-0.3, -0.25) is 10.1 Å². The summed E-state index contributed by atoms with van der Waals surface area (Å²) in [5.74, 6) is 0.147. The minimum atomic E-state index is -0.862. The quantitative estimate of drug-likeness (QED) is 0.672. The minimum Gasteiger partial charge on any atom is -0.391 e. The molecule has 0 radical (unpaired) electrons. The van der Waals surface area contributed by atoms with Gasteiger partial charge in [0.05, 0.1) is 17.2 Å². The van der Waals surface area contributed by atoms with E-state index in [1.54, 1.807) is 26.1 Å². The second kappa shape index (κ2) is 6.77. The predicted molar refractivity (Wildman–Crippen MR) is 94.1 cm³/mol. The van der Waals surface area contributed by atoms with Crippen LogP contribution >= 0.6 is 11.3 Å². The Morgan fingerprint density at radius 3 is 2.76 bits per heavy atom. The van der Waals surface area contributed by atoms with Crippen LogP contribution in [-0.2, 0) is 11.4 Å². The second-order valence-corrected chi connectivity index (χ2v) is 7.25. The van der Waals surface area contributed by atoms with Crippen LogP contribution in [0.5, 0.6) is 0 Å². The molecule has 3 amide bonds. The molecule has 3 rings (SSSR count). The summed E-state index contributed by atoms with van der Waals surface area (Å²) in [4.78, 5) is 35.5. The molecule has 3 N–H and O–H groups in total. The van der Waals surface area contributed by atoms with Crippen molar-refractivity contribution < 1.29 is 14.7 Å². The van der Waals surface area contributed by atoms with Gasteiger partial charge < -0.3 is 15.3 Å². The number of imide groups is 1. The largest absolute Gasteiger partial charge is 0.391 e. The van der Waals surface area contributed by atoms with Gasteiger partial charge in [-0.25, -0.2) is 14.8 Å². The number of rotatable bonds is 6. The number of aliphatic hydroxyl groups is 1. The zero-order chi connectivity index (χ0) is 18.0. The maximum Gasteiger partial charge on any atom is 0.325 e. The molecule has 0 aliphatic carbocycles. The maximum atomic E-state index is 11.8. The third-order valence-corrected chi connectivity index (χ3v) is 5.13. The van der Waals surface area contributed by atoms with E-state index in [9.17, 15) is 9.59 Å². The Morgan fingerprint density at radius 2 is 2.12 bits per heavy atom. The van der Waals surface area contributed by atoms with Crippen LogP contribution in [0.15, 0.2) is 24.4 Å². The monoisotopic (exact) mass is 361 g/mol. The summed E-state index contributed by atoms with van der Waals surface area (Å²) in [5.41, 5.74) is -0.101. The number of aromatic nitrogens is 2.